The molecule has 0 aliphatic carbocycles. The number of nitrogens with one attached hydrogen (secondary N) is 1. The summed E-state index contributed by atoms with van der Waals surface area (Å²) in [5.41, 5.74) is 4.35. The zero-order chi connectivity index (χ0) is 24.5. The maximum Gasteiger partial charge on any atom is 0.271 e. The van der Waals surface area contributed by atoms with E-state index in [0.717, 1.165) is 11.1 Å². The van der Waals surface area contributed by atoms with Crippen molar-refractivity contribution < 1.29 is 22.7 Å². The van der Waals surface area contributed by atoms with Crippen molar-refractivity contribution in [1.82, 2.24) is 19.4 Å². The highest BCUT2D eigenvalue weighted by molar-refractivity contribution is 7.89. The van der Waals surface area contributed by atoms with Crippen LogP contribution in [0.3, 0.4) is 0 Å². The molecular formula is C24H28N4O5S. The van der Waals surface area contributed by atoms with E-state index in [1.807, 2.05) is 32.0 Å². The average molecular weight is 485 g/mol. The molecule has 1 saturated heterocycles. The van der Waals surface area contributed by atoms with Gasteiger partial charge in [-0.3, -0.25) is 9.89 Å². The SMILES string of the molecule is COc1ccc(S(=O)(=O)N2CCN(C(=O)c3cc(-c4ccc(C)c(C)c4)n[nH]3)CC2)cc1OC. The number of rotatable bonds is 6. The molecule has 9 nitrogen and oxygen atoms in total. The van der Waals surface area contributed by atoms with Gasteiger partial charge in [0.2, 0.25) is 10.0 Å². The maximum absolute atomic E-state index is 13.1. The van der Waals surface area contributed by atoms with E-state index in [1.54, 1.807) is 17.0 Å². The Morgan fingerprint density at radius 2 is 1.62 bits per heavy atom. The molecule has 4 rings (SSSR count). The van der Waals surface area contributed by atoms with Crippen molar-refractivity contribution in [3.8, 4) is 22.8 Å². The van der Waals surface area contributed by atoms with Gasteiger partial charge in [-0.1, -0.05) is 12.1 Å². The minimum Gasteiger partial charge on any atom is -0.493 e. The van der Waals surface area contributed by atoms with Crippen LogP contribution < -0.4 is 9.47 Å². The van der Waals surface area contributed by atoms with Gasteiger partial charge in [-0.2, -0.15) is 9.40 Å². The van der Waals surface area contributed by atoms with E-state index in [4.69, 9.17) is 9.47 Å². The second kappa shape index (κ2) is 9.47. The van der Waals surface area contributed by atoms with E-state index in [-0.39, 0.29) is 37.0 Å². The first-order valence-electron chi connectivity index (χ1n) is 10.9. The lowest BCUT2D eigenvalue weighted by atomic mass is 10.0. The van der Waals surface area contributed by atoms with Crippen molar-refractivity contribution in [2.24, 2.45) is 0 Å². The molecule has 0 atom stereocenters. The number of aromatic amines is 1. The molecule has 1 amide bonds. The summed E-state index contributed by atoms with van der Waals surface area (Å²) in [6.45, 7) is 5.03. The number of aromatic nitrogens is 2. The van der Waals surface area contributed by atoms with Gasteiger partial charge in [-0.15, -0.1) is 0 Å². The van der Waals surface area contributed by atoms with Crippen LogP contribution in [-0.4, -0.2) is 74.1 Å². The zero-order valence-corrected chi connectivity index (χ0v) is 20.5. The molecule has 0 unspecified atom stereocenters. The highest BCUT2D eigenvalue weighted by Gasteiger charge is 2.31. The molecule has 1 fully saturated rings. The number of sulfonamides is 1. The van der Waals surface area contributed by atoms with Gasteiger partial charge in [0.15, 0.2) is 11.5 Å². The van der Waals surface area contributed by atoms with Crippen LogP contribution in [0.1, 0.15) is 21.6 Å². The molecule has 1 aromatic heterocycles. The van der Waals surface area contributed by atoms with Gasteiger partial charge in [-0.05, 0) is 49.2 Å². The van der Waals surface area contributed by atoms with Crippen LogP contribution in [0.15, 0.2) is 47.4 Å². The molecule has 34 heavy (non-hydrogen) atoms. The monoisotopic (exact) mass is 484 g/mol. The van der Waals surface area contributed by atoms with E-state index in [0.29, 0.717) is 22.9 Å². The van der Waals surface area contributed by atoms with Crippen LogP contribution in [0.25, 0.3) is 11.3 Å². The standard InChI is InChI=1S/C24H28N4O5S/c1-16-5-6-18(13-17(16)2)20-15-21(26-25-20)24(29)27-9-11-28(12-10-27)34(30,31)19-7-8-22(32-3)23(14-19)33-4/h5-8,13-15H,9-12H2,1-4H3,(H,25,26). The van der Waals surface area contributed by atoms with Crippen LogP contribution in [0.4, 0.5) is 0 Å². The molecule has 2 aromatic carbocycles. The molecule has 0 bridgehead atoms. The minimum absolute atomic E-state index is 0.122. The number of hydrogen-bond acceptors (Lipinski definition) is 6. The fraction of sp³-hybridized carbons (Fsp3) is 0.333. The Labute approximate surface area is 199 Å². The van der Waals surface area contributed by atoms with Crippen LogP contribution in [0.5, 0.6) is 11.5 Å². The summed E-state index contributed by atoms with van der Waals surface area (Å²) in [5, 5.41) is 7.12. The number of hydrogen-bond donors (Lipinski definition) is 1. The van der Waals surface area contributed by atoms with Gasteiger partial charge >= 0.3 is 0 Å². The van der Waals surface area contributed by atoms with Crippen LogP contribution >= 0.6 is 0 Å². The number of nitrogens with zero attached hydrogens (tertiary/aromatic N) is 3. The molecule has 10 heteroatoms. The highest BCUT2D eigenvalue weighted by atomic mass is 32.2. The second-order valence-corrected chi connectivity index (χ2v) is 10.1. The number of H-pyrrole nitrogens is 1. The molecule has 0 spiro atoms. The first-order chi connectivity index (χ1) is 16.2. The van der Waals surface area contributed by atoms with Gasteiger partial charge < -0.3 is 14.4 Å². The third-order valence-electron chi connectivity index (χ3n) is 6.13. The number of piperazine rings is 1. The Morgan fingerprint density at radius 3 is 2.26 bits per heavy atom. The fourth-order valence-corrected chi connectivity index (χ4v) is 5.35. The van der Waals surface area contributed by atoms with Crippen LogP contribution in [-0.2, 0) is 10.0 Å². The lowest BCUT2D eigenvalue weighted by Crippen LogP contribution is -2.50. The Morgan fingerprint density at radius 1 is 0.912 bits per heavy atom. The van der Waals surface area contributed by atoms with Gasteiger partial charge in [0, 0.05) is 37.8 Å². The summed E-state index contributed by atoms with van der Waals surface area (Å²) >= 11 is 0. The quantitative estimate of drug-likeness (QED) is 0.577. The predicted octanol–water partition coefficient (Wildman–Crippen LogP) is 2.86. The lowest BCUT2D eigenvalue weighted by Gasteiger charge is -2.33. The van der Waals surface area contributed by atoms with Crippen molar-refractivity contribution >= 4 is 15.9 Å². The van der Waals surface area contributed by atoms with Crippen molar-refractivity contribution in [3.05, 3.63) is 59.3 Å². The first-order valence-corrected chi connectivity index (χ1v) is 12.3. The Hall–Kier alpha value is -3.37. The third kappa shape index (κ3) is 4.51. The van der Waals surface area contributed by atoms with Gasteiger partial charge in [0.25, 0.3) is 5.91 Å². The lowest BCUT2D eigenvalue weighted by molar-refractivity contribution is 0.0692. The normalized spacial score (nSPS) is 14.8. The molecule has 1 aliphatic rings. The van der Waals surface area contributed by atoms with Crippen molar-refractivity contribution in [3.63, 3.8) is 0 Å². The number of aryl methyl sites for hydroxylation is 2. The van der Waals surface area contributed by atoms with E-state index in [1.165, 1.54) is 36.2 Å². The molecule has 2 heterocycles. The summed E-state index contributed by atoms with van der Waals surface area (Å²) in [6.07, 6.45) is 0. The van der Waals surface area contributed by atoms with Gasteiger partial charge in [0.05, 0.1) is 24.8 Å². The number of carbonyl (C=O) groups excluding carboxylic acids is 1. The summed E-state index contributed by atoms with van der Waals surface area (Å²) in [5.74, 6) is 0.596. The molecule has 180 valence electrons. The first kappa shape index (κ1) is 23.8. The zero-order valence-electron chi connectivity index (χ0n) is 19.7. The molecule has 0 saturated carbocycles. The molecule has 0 radical (unpaired) electrons. The van der Waals surface area contributed by atoms with E-state index >= 15 is 0 Å². The van der Waals surface area contributed by atoms with E-state index in [2.05, 4.69) is 10.2 Å². The Bertz CT molecular complexity index is 1310. The topological polar surface area (TPSA) is 105 Å². The summed E-state index contributed by atoms with van der Waals surface area (Å²) < 4.78 is 38.0. The summed E-state index contributed by atoms with van der Waals surface area (Å²) in [7, 11) is -0.783. The maximum atomic E-state index is 13.1. The van der Waals surface area contributed by atoms with Gasteiger partial charge in [0.1, 0.15) is 5.69 Å². The fourth-order valence-electron chi connectivity index (χ4n) is 3.91. The highest BCUT2D eigenvalue weighted by Crippen LogP contribution is 2.31. The number of benzene rings is 2. The average Bonchev–Trinajstić information content (AvgIpc) is 3.35. The number of amides is 1. The second-order valence-electron chi connectivity index (χ2n) is 8.18. The summed E-state index contributed by atoms with van der Waals surface area (Å²) in [6, 6.07) is 12.3. The molecular weight excluding hydrogens is 456 g/mol. The smallest absolute Gasteiger partial charge is 0.271 e. The minimum atomic E-state index is -3.73. The number of ether oxygens (including phenoxy) is 2. The van der Waals surface area contributed by atoms with Crippen molar-refractivity contribution in [1.29, 1.82) is 0 Å². The Kier molecular flexibility index (Phi) is 6.63. The number of carbonyl (C=O) groups is 1. The largest absolute Gasteiger partial charge is 0.493 e. The third-order valence-corrected chi connectivity index (χ3v) is 8.02. The van der Waals surface area contributed by atoms with Crippen molar-refractivity contribution in [2.75, 3.05) is 40.4 Å². The van der Waals surface area contributed by atoms with E-state index < -0.39 is 10.0 Å². The Balaban J connectivity index is 1.44. The molecule has 1 N–H and O–H groups in total. The molecule has 3 aromatic rings. The van der Waals surface area contributed by atoms with Crippen molar-refractivity contribution in [2.45, 2.75) is 18.7 Å². The predicted molar refractivity (Wildman–Crippen MR) is 128 cm³/mol. The number of methoxy groups -OCH3 is 2. The van der Waals surface area contributed by atoms with E-state index in [9.17, 15) is 13.2 Å². The summed E-state index contributed by atoms with van der Waals surface area (Å²) in [4.78, 5) is 14.8. The van der Waals surface area contributed by atoms with Gasteiger partial charge in [-0.25, -0.2) is 8.42 Å². The van der Waals surface area contributed by atoms with Crippen LogP contribution in [0, 0.1) is 13.8 Å². The molecule has 1 aliphatic heterocycles. The van der Waals surface area contributed by atoms with Crippen LogP contribution in [0.2, 0.25) is 0 Å².